The van der Waals surface area contributed by atoms with E-state index in [9.17, 15) is 0 Å². The maximum atomic E-state index is 5.45. The molecule has 2 aromatic heterocycles. The van der Waals surface area contributed by atoms with Crippen LogP contribution >= 0.6 is 0 Å². The summed E-state index contributed by atoms with van der Waals surface area (Å²) in [5.74, 6) is 1.12. The van der Waals surface area contributed by atoms with E-state index in [2.05, 4.69) is 20.3 Å². The summed E-state index contributed by atoms with van der Waals surface area (Å²) in [6.45, 7) is 0.695. The summed E-state index contributed by atoms with van der Waals surface area (Å²) < 4.78 is 5.45. The molecule has 0 saturated carbocycles. The Morgan fingerprint density at radius 2 is 2.19 bits per heavy atom. The second-order valence-electron chi connectivity index (χ2n) is 3.17. The van der Waals surface area contributed by atoms with Crippen molar-refractivity contribution in [2.24, 2.45) is 0 Å². The Labute approximate surface area is 93.5 Å². The second-order valence-corrected chi connectivity index (χ2v) is 3.17. The molecule has 82 valence electrons. The minimum Gasteiger partial charge on any atom is -0.436 e. The number of nitrogens with zero attached hydrogens (tertiary/aromatic N) is 3. The molecule has 0 radical (unpaired) electrons. The van der Waals surface area contributed by atoms with Crippen LogP contribution in [0.2, 0.25) is 0 Å². The number of nitrogens with one attached hydrogen (secondary N) is 1. The number of ether oxygens (including phenoxy) is 1. The fourth-order valence-corrected chi connectivity index (χ4v) is 1.20. The topological polar surface area (TPSA) is 59.9 Å². The molecule has 16 heavy (non-hydrogen) atoms. The van der Waals surface area contributed by atoms with E-state index in [1.807, 2.05) is 13.1 Å². The maximum Gasteiger partial charge on any atom is 0.237 e. The third-order valence-corrected chi connectivity index (χ3v) is 1.90. The fourth-order valence-electron chi connectivity index (χ4n) is 1.20. The van der Waals surface area contributed by atoms with Crippen molar-refractivity contribution in [2.45, 2.75) is 6.54 Å². The Morgan fingerprint density at radius 1 is 1.25 bits per heavy atom. The molecular formula is C11H12N4O. The molecule has 2 heterocycles. The predicted molar refractivity (Wildman–Crippen MR) is 59.1 cm³/mol. The van der Waals surface area contributed by atoms with Crippen LogP contribution < -0.4 is 10.1 Å². The highest BCUT2D eigenvalue weighted by Crippen LogP contribution is 2.16. The van der Waals surface area contributed by atoms with Crippen molar-refractivity contribution in [3.05, 3.63) is 42.6 Å². The van der Waals surface area contributed by atoms with Gasteiger partial charge in [-0.1, -0.05) is 0 Å². The summed E-state index contributed by atoms with van der Waals surface area (Å²) in [4.78, 5) is 12.3. The van der Waals surface area contributed by atoms with Crippen LogP contribution in [0.15, 0.2) is 36.9 Å². The van der Waals surface area contributed by atoms with Gasteiger partial charge in [0.2, 0.25) is 5.88 Å². The minimum absolute atomic E-state index is 0.466. The molecule has 0 saturated heterocycles. The number of hydrogen-bond donors (Lipinski definition) is 1. The molecule has 0 unspecified atom stereocenters. The Hall–Kier alpha value is -2.01. The van der Waals surface area contributed by atoms with E-state index in [0.29, 0.717) is 18.2 Å². The average molecular weight is 216 g/mol. The predicted octanol–water partition coefficient (Wildman–Crippen LogP) is 1.38. The molecule has 0 aliphatic carbocycles. The van der Waals surface area contributed by atoms with Crippen molar-refractivity contribution < 1.29 is 4.74 Å². The molecule has 0 fully saturated rings. The summed E-state index contributed by atoms with van der Waals surface area (Å²) in [7, 11) is 1.86. The first-order valence-corrected chi connectivity index (χ1v) is 4.92. The van der Waals surface area contributed by atoms with E-state index in [1.165, 1.54) is 0 Å². The van der Waals surface area contributed by atoms with Gasteiger partial charge >= 0.3 is 0 Å². The Kier molecular flexibility index (Phi) is 3.40. The first kappa shape index (κ1) is 10.5. The van der Waals surface area contributed by atoms with Gasteiger partial charge in [-0.2, -0.15) is 0 Å². The first-order valence-electron chi connectivity index (χ1n) is 4.92. The Bertz CT molecular complexity index is 429. The smallest absolute Gasteiger partial charge is 0.237 e. The zero-order valence-electron chi connectivity index (χ0n) is 8.92. The Morgan fingerprint density at radius 3 is 2.81 bits per heavy atom. The molecule has 0 aromatic carbocycles. The highest BCUT2D eigenvalue weighted by Gasteiger charge is 1.99. The van der Waals surface area contributed by atoms with Crippen molar-refractivity contribution in [3.63, 3.8) is 0 Å². The van der Waals surface area contributed by atoms with Crippen molar-refractivity contribution in [1.29, 1.82) is 0 Å². The van der Waals surface area contributed by atoms with Gasteiger partial charge in [0.05, 0.1) is 24.3 Å². The van der Waals surface area contributed by atoms with Crippen molar-refractivity contribution in [2.75, 3.05) is 7.05 Å². The van der Waals surface area contributed by atoms with E-state index >= 15 is 0 Å². The molecule has 5 heteroatoms. The van der Waals surface area contributed by atoms with Gasteiger partial charge in [-0.15, -0.1) is 0 Å². The molecule has 0 aliphatic rings. The van der Waals surface area contributed by atoms with Crippen LogP contribution in [0.25, 0.3) is 0 Å². The first-order chi connectivity index (χ1) is 7.88. The third kappa shape index (κ3) is 2.74. The fraction of sp³-hybridized carbons (Fsp3) is 0.182. The van der Waals surface area contributed by atoms with Gasteiger partial charge in [-0.05, 0) is 19.2 Å². The molecule has 0 atom stereocenters. The van der Waals surface area contributed by atoms with E-state index < -0.39 is 0 Å². The van der Waals surface area contributed by atoms with Gasteiger partial charge in [0, 0.05) is 12.7 Å². The highest BCUT2D eigenvalue weighted by atomic mass is 16.5. The molecule has 1 N–H and O–H groups in total. The number of hydrogen-bond acceptors (Lipinski definition) is 5. The van der Waals surface area contributed by atoms with Crippen LogP contribution in [0.1, 0.15) is 5.69 Å². The van der Waals surface area contributed by atoms with Gasteiger partial charge in [0.25, 0.3) is 0 Å². The minimum atomic E-state index is 0.466. The molecule has 0 amide bonds. The van der Waals surface area contributed by atoms with E-state index in [4.69, 9.17) is 4.74 Å². The third-order valence-electron chi connectivity index (χ3n) is 1.90. The number of aromatic nitrogens is 3. The van der Waals surface area contributed by atoms with Gasteiger partial charge < -0.3 is 10.1 Å². The highest BCUT2D eigenvalue weighted by molar-refractivity contribution is 5.21. The van der Waals surface area contributed by atoms with Crippen LogP contribution in [0.3, 0.4) is 0 Å². The van der Waals surface area contributed by atoms with Crippen LogP contribution in [0, 0.1) is 0 Å². The largest absolute Gasteiger partial charge is 0.436 e. The van der Waals surface area contributed by atoms with Crippen LogP contribution in [0.4, 0.5) is 0 Å². The van der Waals surface area contributed by atoms with Gasteiger partial charge in [0.15, 0.2) is 0 Å². The van der Waals surface area contributed by atoms with Crippen LogP contribution in [-0.2, 0) is 6.54 Å². The zero-order valence-corrected chi connectivity index (χ0v) is 8.92. The van der Waals surface area contributed by atoms with Gasteiger partial charge in [0.1, 0.15) is 5.75 Å². The summed E-state index contributed by atoms with van der Waals surface area (Å²) in [6, 6.07) is 3.62. The maximum absolute atomic E-state index is 5.45. The normalized spacial score (nSPS) is 10.1. The molecule has 0 spiro atoms. The van der Waals surface area contributed by atoms with E-state index in [-0.39, 0.29) is 0 Å². The molecule has 0 bridgehead atoms. The Balaban J connectivity index is 2.05. The van der Waals surface area contributed by atoms with Crippen molar-refractivity contribution >= 4 is 0 Å². The van der Waals surface area contributed by atoms with Gasteiger partial charge in [-0.25, -0.2) is 4.98 Å². The number of pyridine rings is 1. The van der Waals surface area contributed by atoms with E-state index in [0.717, 1.165) is 5.69 Å². The lowest BCUT2D eigenvalue weighted by atomic mass is 10.4. The molecule has 5 nitrogen and oxygen atoms in total. The lowest BCUT2D eigenvalue weighted by Gasteiger charge is -2.04. The summed E-state index contributed by atoms with van der Waals surface area (Å²) in [6.07, 6.45) is 6.60. The lowest BCUT2D eigenvalue weighted by molar-refractivity contribution is 0.457. The average Bonchev–Trinajstić information content (AvgIpc) is 2.33. The quantitative estimate of drug-likeness (QED) is 0.836. The lowest BCUT2D eigenvalue weighted by Crippen LogP contribution is -2.07. The zero-order chi connectivity index (χ0) is 11.2. The van der Waals surface area contributed by atoms with Crippen molar-refractivity contribution in [3.8, 4) is 11.6 Å². The molecule has 0 aliphatic heterocycles. The van der Waals surface area contributed by atoms with Crippen molar-refractivity contribution in [1.82, 2.24) is 20.3 Å². The summed E-state index contributed by atoms with van der Waals surface area (Å²) >= 11 is 0. The monoisotopic (exact) mass is 216 g/mol. The van der Waals surface area contributed by atoms with Gasteiger partial charge in [-0.3, -0.25) is 9.97 Å². The standard InChI is InChI=1S/C11H12N4O/c1-12-5-9-6-15-11(8-14-9)16-10-3-2-4-13-7-10/h2-4,6-8,12H,5H2,1H3. The molecular weight excluding hydrogens is 204 g/mol. The SMILES string of the molecule is CNCc1cnc(Oc2cccnc2)cn1. The molecule has 2 rings (SSSR count). The van der Waals surface area contributed by atoms with Crippen LogP contribution in [-0.4, -0.2) is 22.0 Å². The number of rotatable bonds is 4. The summed E-state index contributed by atoms with van der Waals surface area (Å²) in [5.41, 5.74) is 0.876. The molecule has 2 aromatic rings. The second kappa shape index (κ2) is 5.18. The van der Waals surface area contributed by atoms with Crippen LogP contribution in [0.5, 0.6) is 11.6 Å². The summed E-state index contributed by atoms with van der Waals surface area (Å²) in [5, 5.41) is 3.00. The van der Waals surface area contributed by atoms with E-state index in [1.54, 1.807) is 30.9 Å².